The van der Waals surface area contributed by atoms with Gasteiger partial charge in [-0.15, -0.1) is 0 Å². The lowest BCUT2D eigenvalue weighted by Crippen LogP contribution is -2.51. The van der Waals surface area contributed by atoms with Crippen LogP contribution in [0.5, 0.6) is 5.75 Å². The number of imidazole rings is 1. The number of allylic oxidation sites excluding steroid dienone is 1. The lowest BCUT2D eigenvalue weighted by molar-refractivity contribution is -0.692. The molecule has 268 valence electrons. The zero-order chi connectivity index (χ0) is 34.3. The summed E-state index contributed by atoms with van der Waals surface area (Å²) in [6, 6.07) is 8.31. The van der Waals surface area contributed by atoms with E-state index in [0.29, 0.717) is 12.0 Å². The molecular weight excluding hydrogens is 604 g/mol. The first-order chi connectivity index (χ1) is 23.6. The number of methoxy groups -OCH3 is 1. The molecule has 5 nitrogen and oxygen atoms in total. The second kappa shape index (κ2) is 14.2. The molecule has 5 heteroatoms. The highest BCUT2D eigenvalue weighted by Crippen LogP contribution is 2.67. The number of rotatable bonds is 10. The van der Waals surface area contributed by atoms with Crippen molar-refractivity contribution >= 4 is 5.97 Å². The van der Waals surface area contributed by atoms with Gasteiger partial charge in [-0.05, 0) is 135 Å². The smallest absolute Gasteiger partial charge is 0.348 e. The van der Waals surface area contributed by atoms with E-state index >= 15 is 0 Å². The Bertz CT molecular complexity index is 1500. The maximum Gasteiger partial charge on any atom is 0.348 e. The summed E-state index contributed by atoms with van der Waals surface area (Å²) >= 11 is 0. The van der Waals surface area contributed by atoms with E-state index in [1.807, 2.05) is 12.1 Å². The van der Waals surface area contributed by atoms with Gasteiger partial charge in [0.2, 0.25) is 0 Å². The van der Waals surface area contributed by atoms with Crippen LogP contribution in [0.2, 0.25) is 0 Å². The fourth-order valence-electron chi connectivity index (χ4n) is 12.1. The van der Waals surface area contributed by atoms with Gasteiger partial charge >= 0.3 is 5.97 Å². The standard InChI is InChI=1S/C44H65N2O3/c1-30(2)11-10-12-31(3)37-20-21-38-36-19-16-33-27-35(22-24-43(33,4)39(36)23-25-44(37,38)5)49-42(47)29-45-28-40(32-14-17-34(48-6)18-15-32)46-26-9-7-8-13-41(45)46/h14-18,28,30-31,35-39H,7-13,19-27,29H2,1-6H3/q+1/t31-,35+,36+,37-,38+,39+,43+,44-/m1/s1. The molecule has 1 aromatic carbocycles. The van der Waals surface area contributed by atoms with Crippen molar-refractivity contribution in [3.8, 4) is 17.0 Å². The van der Waals surface area contributed by atoms with Crippen LogP contribution in [0.4, 0.5) is 0 Å². The molecule has 0 amide bonds. The number of nitrogens with zero attached hydrogens (tertiary/aromatic N) is 2. The average molecular weight is 670 g/mol. The third-order valence-electron chi connectivity index (χ3n) is 14.7. The van der Waals surface area contributed by atoms with Crippen molar-refractivity contribution < 1.29 is 18.8 Å². The normalized spacial score (nSPS) is 33.0. The van der Waals surface area contributed by atoms with Gasteiger partial charge in [0.1, 0.15) is 18.1 Å². The summed E-state index contributed by atoms with van der Waals surface area (Å²) in [4.78, 5) is 13.6. The summed E-state index contributed by atoms with van der Waals surface area (Å²) in [5.74, 6) is 7.12. The molecule has 4 aliphatic carbocycles. The molecule has 5 aliphatic rings. The molecule has 0 saturated heterocycles. The van der Waals surface area contributed by atoms with Crippen molar-refractivity contribution in [2.45, 2.75) is 150 Å². The predicted octanol–water partition coefficient (Wildman–Crippen LogP) is 10.1. The number of aromatic nitrogens is 2. The first-order valence-electron chi connectivity index (χ1n) is 20.3. The molecule has 2 heterocycles. The summed E-state index contributed by atoms with van der Waals surface area (Å²) in [6.07, 6.45) is 23.6. The highest BCUT2D eigenvalue weighted by Gasteiger charge is 2.59. The van der Waals surface area contributed by atoms with Crippen LogP contribution in [-0.2, 0) is 29.0 Å². The quantitative estimate of drug-likeness (QED) is 0.144. The van der Waals surface area contributed by atoms with Gasteiger partial charge in [-0.3, -0.25) is 0 Å². The molecular formula is C44H65N2O3+. The monoisotopic (exact) mass is 669 g/mol. The Morgan fingerprint density at radius 3 is 2.57 bits per heavy atom. The van der Waals surface area contributed by atoms with Crippen LogP contribution in [0.3, 0.4) is 0 Å². The first kappa shape index (κ1) is 34.9. The Morgan fingerprint density at radius 2 is 1.80 bits per heavy atom. The summed E-state index contributed by atoms with van der Waals surface area (Å²) < 4.78 is 16.4. The largest absolute Gasteiger partial charge is 0.497 e. The van der Waals surface area contributed by atoms with Crippen LogP contribution in [0.15, 0.2) is 42.1 Å². The average Bonchev–Trinajstić information content (AvgIpc) is 3.50. The highest BCUT2D eigenvalue weighted by molar-refractivity contribution is 5.68. The van der Waals surface area contributed by atoms with E-state index < -0.39 is 0 Å². The van der Waals surface area contributed by atoms with Crippen LogP contribution in [0.1, 0.15) is 130 Å². The Kier molecular flexibility index (Phi) is 10.1. The third-order valence-corrected chi connectivity index (χ3v) is 14.7. The van der Waals surface area contributed by atoms with Crippen molar-refractivity contribution in [1.29, 1.82) is 0 Å². The van der Waals surface area contributed by atoms with Gasteiger partial charge in [-0.1, -0.05) is 65.5 Å². The Morgan fingerprint density at radius 1 is 0.980 bits per heavy atom. The summed E-state index contributed by atoms with van der Waals surface area (Å²) in [5.41, 5.74) is 4.74. The number of hydrogen-bond donors (Lipinski definition) is 0. The van der Waals surface area contributed by atoms with Crippen molar-refractivity contribution in [3.05, 3.63) is 47.9 Å². The molecule has 0 unspecified atom stereocenters. The molecule has 2 aromatic rings. The van der Waals surface area contributed by atoms with Gasteiger partial charge in [0, 0.05) is 18.4 Å². The molecule has 0 bridgehead atoms. The number of hydrogen-bond acceptors (Lipinski definition) is 3. The maximum absolute atomic E-state index is 13.6. The summed E-state index contributed by atoms with van der Waals surface area (Å²) in [5, 5.41) is 0. The first-order valence-corrected chi connectivity index (χ1v) is 20.3. The Hall–Kier alpha value is -2.56. The van der Waals surface area contributed by atoms with Crippen LogP contribution < -0.4 is 9.30 Å². The van der Waals surface area contributed by atoms with E-state index in [-0.39, 0.29) is 17.5 Å². The second-order valence-electron chi connectivity index (χ2n) is 17.9. The predicted molar refractivity (Wildman–Crippen MR) is 197 cm³/mol. The molecule has 3 saturated carbocycles. The van der Waals surface area contributed by atoms with E-state index in [2.05, 4.69) is 68.2 Å². The minimum atomic E-state index is -0.0836. The molecule has 49 heavy (non-hydrogen) atoms. The van der Waals surface area contributed by atoms with Gasteiger partial charge in [-0.2, -0.15) is 0 Å². The second-order valence-corrected chi connectivity index (χ2v) is 17.9. The number of esters is 1. The fourth-order valence-corrected chi connectivity index (χ4v) is 12.1. The van der Waals surface area contributed by atoms with E-state index in [1.165, 1.54) is 75.7 Å². The van der Waals surface area contributed by atoms with Crippen molar-refractivity contribution in [1.82, 2.24) is 4.57 Å². The number of carbonyl (C=O) groups excluding carboxylic acids is 1. The Labute approximate surface area is 297 Å². The minimum absolute atomic E-state index is 0.00246. The van der Waals surface area contributed by atoms with Crippen LogP contribution >= 0.6 is 0 Å². The van der Waals surface area contributed by atoms with Crippen molar-refractivity contribution in [2.24, 2.45) is 46.3 Å². The highest BCUT2D eigenvalue weighted by atomic mass is 16.5. The zero-order valence-electron chi connectivity index (χ0n) is 31.6. The van der Waals surface area contributed by atoms with E-state index in [9.17, 15) is 4.79 Å². The lowest BCUT2D eigenvalue weighted by atomic mass is 9.47. The molecule has 1 aliphatic heterocycles. The third kappa shape index (κ3) is 6.66. The number of fused-ring (bicyclic) bond motifs is 6. The molecule has 3 fully saturated rings. The number of ether oxygens (including phenoxy) is 2. The molecule has 7 rings (SSSR count). The SMILES string of the molecule is COc1ccc(-c2c[n+](CC(=O)O[C@H]3CC[C@@]4(C)C(=CC[C@H]5[C@@H]6CC[C@H]([C@H](C)CCCC(C)C)[C@@]6(C)CC[C@@H]54)C3)c3n2CCCCC3)cc1. The lowest BCUT2D eigenvalue weighted by Gasteiger charge is -2.58. The number of benzene rings is 1. The van der Waals surface area contributed by atoms with Crippen molar-refractivity contribution in [2.75, 3.05) is 7.11 Å². The van der Waals surface area contributed by atoms with Crippen LogP contribution in [0, 0.1) is 46.3 Å². The van der Waals surface area contributed by atoms with Crippen LogP contribution in [-0.4, -0.2) is 23.8 Å². The maximum atomic E-state index is 13.6. The van der Waals surface area contributed by atoms with Gasteiger partial charge in [0.25, 0.3) is 5.82 Å². The Balaban J connectivity index is 1.00. The van der Waals surface area contributed by atoms with Gasteiger partial charge in [0.05, 0.1) is 13.7 Å². The van der Waals surface area contributed by atoms with Crippen molar-refractivity contribution in [3.63, 3.8) is 0 Å². The van der Waals surface area contributed by atoms with Gasteiger partial charge in [0.15, 0.2) is 12.2 Å². The number of carbonyl (C=O) groups is 1. The van der Waals surface area contributed by atoms with E-state index in [4.69, 9.17) is 9.47 Å². The summed E-state index contributed by atoms with van der Waals surface area (Å²) in [6.45, 7) is 13.9. The zero-order valence-corrected chi connectivity index (χ0v) is 31.6. The molecule has 8 atom stereocenters. The molecule has 0 spiro atoms. The van der Waals surface area contributed by atoms with E-state index in [0.717, 1.165) is 85.5 Å². The minimum Gasteiger partial charge on any atom is -0.497 e. The fraction of sp³-hybridized carbons (Fsp3) is 0.727. The topological polar surface area (TPSA) is 44.3 Å². The van der Waals surface area contributed by atoms with E-state index in [1.54, 1.807) is 12.7 Å². The molecule has 0 N–H and O–H groups in total. The summed E-state index contributed by atoms with van der Waals surface area (Å²) in [7, 11) is 1.71. The molecule has 1 aromatic heterocycles. The van der Waals surface area contributed by atoms with Gasteiger partial charge < -0.3 is 9.47 Å². The van der Waals surface area contributed by atoms with Crippen LogP contribution in [0.25, 0.3) is 11.3 Å². The van der Waals surface area contributed by atoms with Gasteiger partial charge in [-0.25, -0.2) is 13.9 Å². The molecule has 0 radical (unpaired) electrons.